The molecule has 1 atom stereocenters. The van der Waals surface area contributed by atoms with Crippen molar-refractivity contribution in [3.63, 3.8) is 0 Å². The fourth-order valence-corrected chi connectivity index (χ4v) is 4.06. The molecular formula is C16H27IN4O2S. The number of hydrogen-bond acceptors (Lipinski definition) is 3. The molecule has 0 aromatic heterocycles. The van der Waals surface area contributed by atoms with Gasteiger partial charge in [-0.3, -0.25) is 4.99 Å². The number of rotatable bonds is 6. The van der Waals surface area contributed by atoms with E-state index < -0.39 is 10.0 Å². The molecule has 0 aliphatic carbocycles. The van der Waals surface area contributed by atoms with Crippen molar-refractivity contribution in [1.82, 2.24) is 4.31 Å². The summed E-state index contributed by atoms with van der Waals surface area (Å²) in [5.74, 6) is 1.09. The van der Waals surface area contributed by atoms with Gasteiger partial charge in [0.1, 0.15) is 0 Å². The van der Waals surface area contributed by atoms with Gasteiger partial charge in [-0.1, -0.05) is 26.0 Å². The Bertz CT molecular complexity index is 647. The fraction of sp³-hybridized carbons (Fsp3) is 0.562. The molecule has 136 valence electrons. The molecule has 1 unspecified atom stereocenters. The third-order valence-electron chi connectivity index (χ3n) is 4.20. The van der Waals surface area contributed by atoms with Crippen molar-refractivity contribution in [2.75, 3.05) is 30.7 Å². The summed E-state index contributed by atoms with van der Waals surface area (Å²) in [6.07, 6.45) is 1.80. The van der Waals surface area contributed by atoms with Crippen molar-refractivity contribution >= 4 is 45.6 Å². The maximum atomic E-state index is 11.7. The second-order valence-corrected chi connectivity index (χ2v) is 7.98. The van der Waals surface area contributed by atoms with Crippen LogP contribution in [-0.2, 0) is 10.0 Å². The first-order valence-corrected chi connectivity index (χ1v) is 9.68. The lowest BCUT2D eigenvalue weighted by molar-refractivity contribution is 0.452. The maximum Gasteiger partial charge on any atom is 0.214 e. The van der Waals surface area contributed by atoms with Crippen molar-refractivity contribution in [1.29, 1.82) is 0 Å². The molecule has 1 heterocycles. The molecular weight excluding hydrogens is 439 g/mol. The Morgan fingerprint density at radius 3 is 2.58 bits per heavy atom. The monoisotopic (exact) mass is 466 g/mol. The van der Waals surface area contributed by atoms with Gasteiger partial charge in [-0.15, -0.1) is 24.0 Å². The Kier molecular flexibility index (Phi) is 8.44. The quantitative estimate of drug-likeness (QED) is 0.383. The number of aliphatic imine (C=N–C) groups is 1. The highest BCUT2D eigenvalue weighted by molar-refractivity contribution is 14.0. The van der Waals surface area contributed by atoms with Crippen LogP contribution in [0.1, 0.15) is 38.2 Å². The molecule has 1 saturated heterocycles. The van der Waals surface area contributed by atoms with Gasteiger partial charge >= 0.3 is 0 Å². The summed E-state index contributed by atoms with van der Waals surface area (Å²) in [6.45, 7) is 5.70. The molecule has 8 heteroatoms. The Morgan fingerprint density at radius 1 is 1.38 bits per heavy atom. The molecule has 3 N–H and O–H groups in total. The van der Waals surface area contributed by atoms with Crippen molar-refractivity contribution in [2.45, 2.75) is 32.6 Å². The van der Waals surface area contributed by atoms with Crippen LogP contribution >= 0.6 is 24.0 Å². The average molecular weight is 466 g/mol. The van der Waals surface area contributed by atoms with E-state index in [4.69, 9.17) is 5.73 Å². The zero-order valence-corrected chi connectivity index (χ0v) is 17.4. The molecule has 1 aromatic carbocycles. The van der Waals surface area contributed by atoms with Crippen molar-refractivity contribution < 1.29 is 8.42 Å². The van der Waals surface area contributed by atoms with Gasteiger partial charge in [-0.05, 0) is 36.5 Å². The first-order chi connectivity index (χ1) is 10.9. The Labute approximate surface area is 162 Å². The van der Waals surface area contributed by atoms with Gasteiger partial charge in [0.2, 0.25) is 10.0 Å². The molecule has 0 bridgehead atoms. The molecule has 1 fully saturated rings. The molecule has 0 radical (unpaired) electrons. The lowest BCUT2D eigenvalue weighted by Gasteiger charge is -2.13. The molecule has 24 heavy (non-hydrogen) atoms. The number of sulfonamides is 1. The summed E-state index contributed by atoms with van der Waals surface area (Å²) in [6, 6.07) is 8.13. The Hall–Kier alpha value is -0.870. The third-order valence-corrected chi connectivity index (χ3v) is 6.16. The van der Waals surface area contributed by atoms with Crippen LogP contribution in [0.4, 0.5) is 5.69 Å². The molecule has 0 spiro atoms. The highest BCUT2D eigenvalue weighted by Gasteiger charge is 2.27. The van der Waals surface area contributed by atoms with Crippen LogP contribution in [0.3, 0.4) is 0 Å². The lowest BCUT2D eigenvalue weighted by Crippen LogP contribution is -2.30. The van der Waals surface area contributed by atoms with Crippen molar-refractivity contribution in [3.05, 3.63) is 29.8 Å². The Balaban J connectivity index is 0.00000288. The molecule has 2 rings (SSSR count). The van der Waals surface area contributed by atoms with Gasteiger partial charge in [-0.25, -0.2) is 12.7 Å². The van der Waals surface area contributed by atoms with E-state index in [2.05, 4.69) is 36.3 Å². The first-order valence-electron chi connectivity index (χ1n) is 8.07. The third kappa shape index (κ3) is 5.89. The number of anilines is 1. The summed E-state index contributed by atoms with van der Waals surface area (Å²) >= 11 is 0. The lowest BCUT2D eigenvalue weighted by atomic mass is 9.99. The summed E-state index contributed by atoms with van der Waals surface area (Å²) in [7, 11) is -3.06. The van der Waals surface area contributed by atoms with Gasteiger partial charge < -0.3 is 11.1 Å². The maximum absolute atomic E-state index is 11.7. The molecule has 1 aliphatic rings. The van der Waals surface area contributed by atoms with Gasteiger partial charge in [0, 0.05) is 18.8 Å². The summed E-state index contributed by atoms with van der Waals surface area (Å²) in [5, 5.41) is 3.03. The number of nitrogens with two attached hydrogens (primary N) is 1. The fourth-order valence-electron chi connectivity index (χ4n) is 2.54. The standard InChI is InChI=1S/C16H26N4O2S.HI/c1-3-13(2)14-5-7-15(8-6-14)19-16(17)18-9-11-20-10-4-12-23(20,21)22;/h5-8,13H,3-4,9-12H2,1-2H3,(H3,17,18,19);1H. The minimum atomic E-state index is -3.06. The minimum Gasteiger partial charge on any atom is -0.370 e. The first kappa shape index (κ1) is 21.2. The number of nitrogens with one attached hydrogen (secondary N) is 1. The molecule has 1 aliphatic heterocycles. The van der Waals surface area contributed by atoms with Crippen LogP contribution in [0.25, 0.3) is 0 Å². The average Bonchev–Trinajstić information content (AvgIpc) is 2.86. The smallest absolute Gasteiger partial charge is 0.214 e. The van der Waals surface area contributed by atoms with Crippen molar-refractivity contribution in [2.24, 2.45) is 10.7 Å². The van der Waals surface area contributed by atoms with Crippen LogP contribution in [0.15, 0.2) is 29.3 Å². The van der Waals surface area contributed by atoms with E-state index in [1.54, 1.807) is 0 Å². The molecule has 0 saturated carbocycles. The van der Waals surface area contributed by atoms with Gasteiger partial charge in [-0.2, -0.15) is 0 Å². The highest BCUT2D eigenvalue weighted by Crippen LogP contribution is 2.20. The van der Waals surface area contributed by atoms with Crippen molar-refractivity contribution in [3.8, 4) is 0 Å². The number of guanidine groups is 1. The zero-order valence-electron chi connectivity index (χ0n) is 14.2. The zero-order chi connectivity index (χ0) is 16.9. The van der Waals surface area contributed by atoms with Gasteiger partial charge in [0.25, 0.3) is 0 Å². The number of benzene rings is 1. The minimum absolute atomic E-state index is 0. The summed E-state index contributed by atoms with van der Waals surface area (Å²) < 4.78 is 24.8. The molecule has 0 amide bonds. The van der Waals surface area contributed by atoms with E-state index >= 15 is 0 Å². The second kappa shape index (κ2) is 9.57. The Morgan fingerprint density at radius 2 is 2.04 bits per heavy atom. The summed E-state index contributed by atoms with van der Waals surface area (Å²) in [5.41, 5.74) is 8.03. The number of nitrogens with zero attached hydrogens (tertiary/aromatic N) is 2. The van der Waals surface area contributed by atoms with E-state index in [0.717, 1.165) is 12.1 Å². The van der Waals surface area contributed by atoms with Crippen LogP contribution in [0, 0.1) is 0 Å². The van der Waals surface area contributed by atoms with Crippen LogP contribution in [-0.4, -0.2) is 44.1 Å². The largest absolute Gasteiger partial charge is 0.370 e. The number of hydrogen-bond donors (Lipinski definition) is 2. The molecule has 1 aromatic rings. The van der Waals surface area contributed by atoms with Crippen LogP contribution in [0.2, 0.25) is 0 Å². The predicted molar refractivity (Wildman–Crippen MR) is 111 cm³/mol. The van der Waals surface area contributed by atoms with E-state index in [0.29, 0.717) is 37.9 Å². The van der Waals surface area contributed by atoms with Gasteiger partial charge in [0.15, 0.2) is 5.96 Å². The van der Waals surface area contributed by atoms with Crippen LogP contribution in [0.5, 0.6) is 0 Å². The second-order valence-electron chi connectivity index (χ2n) is 5.89. The SMILES string of the molecule is CCC(C)c1ccc(NC(N)=NCCN2CCCS2(=O)=O)cc1.I. The predicted octanol–water partition coefficient (Wildman–Crippen LogP) is 2.58. The van der Waals surface area contributed by atoms with E-state index in [-0.39, 0.29) is 29.7 Å². The normalized spacial score (nSPS) is 18.8. The van der Waals surface area contributed by atoms with E-state index in [9.17, 15) is 8.42 Å². The van der Waals surface area contributed by atoms with Crippen LogP contribution < -0.4 is 11.1 Å². The summed E-state index contributed by atoms with van der Waals surface area (Å²) in [4.78, 5) is 4.20. The van der Waals surface area contributed by atoms with E-state index in [1.807, 2.05) is 12.1 Å². The molecule has 6 nitrogen and oxygen atoms in total. The number of halogens is 1. The highest BCUT2D eigenvalue weighted by atomic mass is 127. The van der Waals surface area contributed by atoms with E-state index in [1.165, 1.54) is 9.87 Å². The topological polar surface area (TPSA) is 87.8 Å². The van der Waals surface area contributed by atoms with Gasteiger partial charge in [0.05, 0.1) is 12.3 Å².